The van der Waals surface area contributed by atoms with Crippen LogP contribution in [0.15, 0.2) is 30.3 Å². The summed E-state index contributed by atoms with van der Waals surface area (Å²) in [4.78, 5) is 20.0. The van der Waals surface area contributed by atoms with Crippen LogP contribution in [0.25, 0.3) is 5.57 Å². The Balaban J connectivity index is 1.05. The molecule has 7 heteroatoms. The lowest BCUT2D eigenvalue weighted by Gasteiger charge is -2.72. The molecular weight excluding hydrogens is 647 g/mol. The Bertz CT molecular complexity index is 1460. The van der Waals surface area contributed by atoms with Gasteiger partial charge in [-0.1, -0.05) is 59.2 Å². The van der Waals surface area contributed by atoms with Crippen molar-refractivity contribution < 1.29 is 19.4 Å². The fourth-order valence-electron chi connectivity index (χ4n) is 14.7. The van der Waals surface area contributed by atoms with Crippen molar-refractivity contribution in [2.24, 2.45) is 45.3 Å². The summed E-state index contributed by atoms with van der Waals surface area (Å²) >= 11 is 0. The van der Waals surface area contributed by atoms with Crippen molar-refractivity contribution in [1.82, 2.24) is 14.7 Å². The minimum atomic E-state index is -0.849. The Morgan fingerprint density at radius 1 is 0.750 bits per heavy atom. The van der Waals surface area contributed by atoms with E-state index in [1.807, 2.05) is 0 Å². The van der Waals surface area contributed by atoms with Crippen LogP contribution in [0.2, 0.25) is 0 Å². The molecule has 2 saturated heterocycles. The molecule has 0 spiro atoms. The van der Waals surface area contributed by atoms with Gasteiger partial charge < -0.3 is 14.6 Å². The lowest BCUT2D eigenvalue weighted by molar-refractivity contribution is -0.225. The van der Waals surface area contributed by atoms with Crippen LogP contribution in [0, 0.1) is 45.3 Å². The van der Waals surface area contributed by atoms with Gasteiger partial charge in [-0.15, -0.1) is 0 Å². The van der Waals surface area contributed by atoms with Gasteiger partial charge in [-0.3, -0.25) is 14.7 Å². The maximum absolute atomic E-state index is 11.6. The molecule has 6 fully saturated rings. The summed E-state index contributed by atoms with van der Waals surface area (Å²) in [5.41, 5.74) is 4.42. The predicted molar refractivity (Wildman–Crippen MR) is 208 cm³/mol. The molecule has 4 saturated carbocycles. The minimum absolute atomic E-state index is 0.0471. The molecule has 8 atom stereocenters. The molecule has 1 N–H and O–H groups in total. The van der Waals surface area contributed by atoms with E-state index in [1.54, 1.807) is 12.1 Å². The number of fused-ring (bicyclic) bond motifs is 7. The normalized spacial score (nSPS) is 40.7. The van der Waals surface area contributed by atoms with Crippen molar-refractivity contribution in [2.45, 2.75) is 104 Å². The topological polar surface area (TPSA) is 65.5 Å². The van der Waals surface area contributed by atoms with E-state index in [0.717, 1.165) is 76.8 Å². The Hall–Kier alpha value is -1.77. The van der Waals surface area contributed by atoms with Gasteiger partial charge in [0.25, 0.3) is 0 Å². The van der Waals surface area contributed by atoms with Gasteiger partial charge in [0, 0.05) is 57.9 Å². The number of hydrogen-bond acceptors (Lipinski definition) is 6. The maximum Gasteiger partial charge on any atom is 0.335 e. The zero-order valence-electron chi connectivity index (χ0n) is 33.3. The van der Waals surface area contributed by atoms with Crippen LogP contribution in [0.5, 0.6) is 0 Å². The van der Waals surface area contributed by atoms with Crippen molar-refractivity contribution in [1.29, 1.82) is 0 Å². The number of carbonyl (C=O) groups is 1. The molecule has 8 rings (SSSR count). The maximum atomic E-state index is 11.6. The number of allylic oxidation sites excluding steroid dienone is 2. The van der Waals surface area contributed by atoms with E-state index in [1.165, 1.54) is 95.1 Å². The van der Waals surface area contributed by atoms with E-state index in [9.17, 15) is 9.90 Å². The molecule has 2 aliphatic heterocycles. The van der Waals surface area contributed by atoms with Gasteiger partial charge in [0.05, 0.1) is 32.0 Å². The Labute approximate surface area is 314 Å². The lowest BCUT2D eigenvalue weighted by Crippen LogP contribution is -2.68. The highest BCUT2D eigenvalue weighted by molar-refractivity contribution is 5.88. The summed E-state index contributed by atoms with van der Waals surface area (Å²) in [6.45, 7) is 25.9. The summed E-state index contributed by atoms with van der Waals surface area (Å²) in [6, 6.07) is 7.70. The van der Waals surface area contributed by atoms with Gasteiger partial charge >= 0.3 is 5.97 Å². The summed E-state index contributed by atoms with van der Waals surface area (Å²) < 4.78 is 11.5. The zero-order valence-corrected chi connectivity index (χ0v) is 33.3. The summed E-state index contributed by atoms with van der Waals surface area (Å²) in [6.07, 6.45) is 16.1. The van der Waals surface area contributed by atoms with Crippen molar-refractivity contribution in [2.75, 3.05) is 78.8 Å². The second-order valence-corrected chi connectivity index (χ2v) is 19.6. The molecule has 1 aromatic carbocycles. The van der Waals surface area contributed by atoms with Crippen LogP contribution in [0.1, 0.15) is 115 Å². The number of aromatic carboxylic acids is 1. The highest BCUT2D eigenvalue weighted by Gasteiger charge is 2.70. The summed E-state index contributed by atoms with van der Waals surface area (Å²) in [7, 11) is 0. The van der Waals surface area contributed by atoms with Gasteiger partial charge in [0.1, 0.15) is 0 Å². The second kappa shape index (κ2) is 14.1. The van der Waals surface area contributed by atoms with E-state index in [2.05, 4.69) is 67.5 Å². The smallest absolute Gasteiger partial charge is 0.335 e. The summed E-state index contributed by atoms with van der Waals surface area (Å²) in [5, 5.41) is 9.52. The van der Waals surface area contributed by atoms with Gasteiger partial charge in [0.15, 0.2) is 0 Å². The van der Waals surface area contributed by atoms with E-state index < -0.39 is 5.97 Å². The third-order valence-corrected chi connectivity index (χ3v) is 17.5. The third kappa shape index (κ3) is 5.97. The fraction of sp³-hybridized carbons (Fsp3) is 0.800. The van der Waals surface area contributed by atoms with Crippen LogP contribution in [0.4, 0.5) is 0 Å². The van der Waals surface area contributed by atoms with Crippen LogP contribution < -0.4 is 0 Å². The number of hydrogen-bond donors (Lipinski definition) is 1. The highest BCUT2D eigenvalue weighted by atomic mass is 16.5. The molecular formula is C45H69N3O4. The molecule has 52 heavy (non-hydrogen) atoms. The third-order valence-electron chi connectivity index (χ3n) is 17.5. The van der Waals surface area contributed by atoms with Crippen molar-refractivity contribution in [3.63, 3.8) is 0 Å². The number of carboxylic acid groups (broad SMARTS) is 1. The van der Waals surface area contributed by atoms with E-state index in [0.29, 0.717) is 27.9 Å². The molecule has 0 radical (unpaired) electrons. The van der Waals surface area contributed by atoms with Crippen molar-refractivity contribution >= 4 is 11.5 Å². The standard InChI is InChI=1S/C45H69N3O4/c1-41(2)35(33-8-10-34(11-9-33)40(49)50)14-17-42(3)38(41)15-18-44(5)39(42)13-12-36-37-7-6-16-45(37,20-19-43(36,44)4)48(23-21-46-25-29-51-30-26-46)24-22-47-27-31-52-32-28-47/h8-11,14,36-39H,6-7,12-13,15-32H2,1-5H3,(H,49,50)/t36?,37?,38?,39?,42?,43-,44?,45?/m1/s1. The monoisotopic (exact) mass is 716 g/mol. The molecule has 1 aromatic rings. The molecule has 288 valence electrons. The molecule has 0 aromatic heterocycles. The van der Waals surface area contributed by atoms with Gasteiger partial charge in [-0.2, -0.15) is 0 Å². The van der Waals surface area contributed by atoms with E-state index in [-0.39, 0.29) is 10.8 Å². The number of carboxylic acids is 1. The fourth-order valence-corrected chi connectivity index (χ4v) is 14.7. The highest BCUT2D eigenvalue weighted by Crippen LogP contribution is 2.76. The first-order valence-electron chi connectivity index (χ1n) is 21.3. The average molecular weight is 716 g/mol. The average Bonchev–Trinajstić information content (AvgIpc) is 3.58. The quantitative estimate of drug-likeness (QED) is 0.279. The Kier molecular flexibility index (Phi) is 10.1. The SMILES string of the molecule is CC1(C)C(c2ccc(C(=O)O)cc2)=CCC2(C)C1CCC1(C)C2CCC2C3CCCC3(N(CCN3CCOCC3)CCN3CCOCC3)CC[C@]21C. The van der Waals surface area contributed by atoms with Crippen LogP contribution in [-0.2, 0) is 9.47 Å². The van der Waals surface area contributed by atoms with E-state index >= 15 is 0 Å². The van der Waals surface area contributed by atoms with Crippen LogP contribution in [-0.4, -0.2) is 110 Å². The van der Waals surface area contributed by atoms with Gasteiger partial charge in [-0.05, 0) is 126 Å². The van der Waals surface area contributed by atoms with E-state index in [4.69, 9.17) is 9.47 Å². The van der Waals surface area contributed by atoms with Crippen molar-refractivity contribution in [3.05, 3.63) is 41.5 Å². The van der Waals surface area contributed by atoms with Crippen LogP contribution >= 0.6 is 0 Å². The predicted octanol–water partition coefficient (Wildman–Crippen LogP) is 7.95. The first-order chi connectivity index (χ1) is 24.9. The molecule has 2 heterocycles. The van der Waals surface area contributed by atoms with Crippen molar-refractivity contribution in [3.8, 4) is 0 Å². The number of benzene rings is 1. The largest absolute Gasteiger partial charge is 0.478 e. The first kappa shape index (κ1) is 37.2. The first-order valence-corrected chi connectivity index (χ1v) is 21.3. The number of morpholine rings is 2. The number of rotatable bonds is 9. The Morgan fingerprint density at radius 3 is 2.00 bits per heavy atom. The minimum Gasteiger partial charge on any atom is -0.478 e. The zero-order chi connectivity index (χ0) is 36.4. The molecule has 7 nitrogen and oxygen atoms in total. The molecule has 7 aliphatic rings. The Morgan fingerprint density at radius 2 is 1.38 bits per heavy atom. The molecule has 7 unspecified atom stereocenters. The van der Waals surface area contributed by atoms with Crippen LogP contribution in [0.3, 0.4) is 0 Å². The van der Waals surface area contributed by atoms with Gasteiger partial charge in [-0.25, -0.2) is 4.79 Å². The molecule has 5 aliphatic carbocycles. The number of nitrogens with zero attached hydrogens (tertiary/aromatic N) is 3. The number of ether oxygens (including phenoxy) is 2. The summed E-state index contributed by atoms with van der Waals surface area (Å²) in [5.74, 6) is 2.14. The molecule has 0 bridgehead atoms. The van der Waals surface area contributed by atoms with Gasteiger partial charge in [0.2, 0.25) is 0 Å². The molecule has 0 amide bonds. The lowest BCUT2D eigenvalue weighted by atomic mass is 9.33. The second-order valence-electron chi connectivity index (χ2n) is 19.6.